The number of hydrogen-bond acceptors (Lipinski definition) is 5. The minimum atomic E-state index is -0.348. The smallest absolute Gasteiger partial charge is 0.233 e. The maximum Gasteiger partial charge on any atom is 0.233 e. The lowest BCUT2D eigenvalue weighted by Gasteiger charge is -2.10. The zero-order valence-corrected chi connectivity index (χ0v) is 13.6. The van der Waals surface area contributed by atoms with Crippen LogP contribution in [0.4, 0.5) is 0 Å². The van der Waals surface area contributed by atoms with Gasteiger partial charge in [0.25, 0.3) is 0 Å². The van der Waals surface area contributed by atoms with Crippen molar-refractivity contribution in [2.24, 2.45) is 0 Å². The summed E-state index contributed by atoms with van der Waals surface area (Å²) >= 11 is 7.20. The van der Waals surface area contributed by atoms with Crippen LogP contribution in [0.1, 0.15) is 6.92 Å². The van der Waals surface area contributed by atoms with Crippen molar-refractivity contribution in [3.8, 4) is 11.4 Å². The van der Waals surface area contributed by atoms with Crippen molar-refractivity contribution in [3.63, 3.8) is 0 Å². The van der Waals surface area contributed by atoms with Crippen molar-refractivity contribution >= 4 is 29.3 Å². The lowest BCUT2D eigenvalue weighted by atomic mass is 10.2. The molecule has 0 aliphatic rings. The number of carbonyl (C=O) groups is 1. The van der Waals surface area contributed by atoms with Gasteiger partial charge in [-0.05, 0) is 19.1 Å². The molecule has 116 valence electrons. The van der Waals surface area contributed by atoms with Gasteiger partial charge in [-0.3, -0.25) is 4.79 Å². The number of carbonyl (C=O) groups excluding carboxylic acids is 1. The molecule has 0 bridgehead atoms. The van der Waals surface area contributed by atoms with Crippen LogP contribution in [-0.2, 0) is 4.79 Å². The van der Waals surface area contributed by atoms with Crippen molar-refractivity contribution in [1.82, 2.24) is 20.2 Å². The number of hydrogen-bond donors (Lipinski definition) is 2. The van der Waals surface area contributed by atoms with Crippen LogP contribution < -0.4 is 11.2 Å². The lowest BCUT2D eigenvalue weighted by Crippen LogP contribution is -2.31. The number of aromatic nitrogens is 3. The van der Waals surface area contributed by atoms with Gasteiger partial charge in [-0.1, -0.05) is 41.6 Å². The summed E-state index contributed by atoms with van der Waals surface area (Å²) in [5.41, 5.74) is 0.762. The van der Waals surface area contributed by atoms with Crippen LogP contribution in [0.5, 0.6) is 0 Å². The van der Waals surface area contributed by atoms with E-state index in [4.69, 9.17) is 17.4 Å². The third-order valence-electron chi connectivity index (χ3n) is 2.82. The maximum atomic E-state index is 11.8. The molecule has 0 fully saturated rings. The van der Waals surface area contributed by atoms with E-state index >= 15 is 0 Å². The van der Waals surface area contributed by atoms with Crippen molar-refractivity contribution < 1.29 is 4.79 Å². The summed E-state index contributed by atoms with van der Waals surface area (Å²) in [5, 5.41) is 11.5. The van der Waals surface area contributed by atoms with E-state index in [0.29, 0.717) is 22.5 Å². The fraction of sp³-hybridized carbons (Fsp3) is 0.214. The average Bonchev–Trinajstić information content (AvgIpc) is 2.86. The first-order valence-electron chi connectivity index (χ1n) is 6.54. The molecular formula is C14H16ClN5OS. The molecule has 1 aromatic heterocycles. The van der Waals surface area contributed by atoms with Gasteiger partial charge in [-0.15, -0.1) is 16.8 Å². The zero-order valence-electron chi connectivity index (χ0n) is 12.0. The molecule has 0 unspecified atom stereocenters. The van der Waals surface area contributed by atoms with Crippen LogP contribution in [0.2, 0.25) is 5.02 Å². The highest BCUT2D eigenvalue weighted by Crippen LogP contribution is 2.26. The van der Waals surface area contributed by atoms with E-state index in [0.717, 1.165) is 5.56 Å². The van der Waals surface area contributed by atoms with E-state index in [1.54, 1.807) is 25.1 Å². The van der Waals surface area contributed by atoms with Gasteiger partial charge in [0, 0.05) is 17.1 Å². The standard InChI is InChI=1S/C14H16ClN5OS/c1-3-7-17-13(21)9(2)22-14-19-18-12(20(14)16)10-5-4-6-11(15)8-10/h3-6,8-9H,1,7,16H2,2H3,(H,17,21)/t9-/m0/s1. The first-order chi connectivity index (χ1) is 10.5. The molecule has 0 aliphatic heterocycles. The minimum Gasteiger partial charge on any atom is -0.352 e. The normalized spacial score (nSPS) is 11.9. The number of thioether (sulfide) groups is 1. The fourth-order valence-corrected chi connectivity index (χ4v) is 2.69. The van der Waals surface area contributed by atoms with E-state index < -0.39 is 0 Å². The largest absolute Gasteiger partial charge is 0.352 e. The van der Waals surface area contributed by atoms with Crippen molar-refractivity contribution in [1.29, 1.82) is 0 Å². The third-order valence-corrected chi connectivity index (χ3v) is 4.11. The molecule has 0 spiro atoms. The Bertz CT molecular complexity index is 688. The average molecular weight is 338 g/mol. The Morgan fingerprint density at radius 2 is 2.36 bits per heavy atom. The van der Waals surface area contributed by atoms with E-state index in [1.807, 2.05) is 12.1 Å². The molecule has 6 nitrogen and oxygen atoms in total. The van der Waals surface area contributed by atoms with Gasteiger partial charge in [0.1, 0.15) is 0 Å². The minimum absolute atomic E-state index is 0.114. The highest BCUT2D eigenvalue weighted by molar-refractivity contribution is 8.00. The summed E-state index contributed by atoms with van der Waals surface area (Å²) in [5.74, 6) is 6.39. The predicted molar refractivity (Wildman–Crippen MR) is 89.1 cm³/mol. The van der Waals surface area contributed by atoms with Gasteiger partial charge in [-0.2, -0.15) is 0 Å². The van der Waals surface area contributed by atoms with Gasteiger partial charge in [0.05, 0.1) is 5.25 Å². The number of benzene rings is 1. The van der Waals surface area contributed by atoms with E-state index in [1.165, 1.54) is 16.4 Å². The van der Waals surface area contributed by atoms with Crippen LogP contribution in [0.15, 0.2) is 42.1 Å². The Morgan fingerprint density at radius 1 is 1.59 bits per heavy atom. The Kier molecular flexibility index (Phi) is 5.46. The van der Waals surface area contributed by atoms with E-state index in [9.17, 15) is 4.79 Å². The van der Waals surface area contributed by atoms with E-state index in [2.05, 4.69) is 22.1 Å². The third kappa shape index (κ3) is 3.80. The predicted octanol–water partition coefficient (Wildman–Crippen LogP) is 2.10. The molecular weight excluding hydrogens is 322 g/mol. The van der Waals surface area contributed by atoms with Crippen LogP contribution >= 0.6 is 23.4 Å². The quantitative estimate of drug-likeness (QED) is 0.479. The summed E-state index contributed by atoms with van der Waals surface area (Å²) in [7, 11) is 0. The highest BCUT2D eigenvalue weighted by atomic mass is 35.5. The maximum absolute atomic E-state index is 11.8. The molecule has 0 radical (unpaired) electrons. The zero-order chi connectivity index (χ0) is 16.1. The van der Waals surface area contributed by atoms with Crippen LogP contribution in [-0.4, -0.2) is 32.6 Å². The van der Waals surface area contributed by atoms with Crippen molar-refractivity contribution in [2.45, 2.75) is 17.3 Å². The summed E-state index contributed by atoms with van der Waals surface area (Å²) < 4.78 is 1.35. The van der Waals surface area contributed by atoms with Gasteiger partial charge >= 0.3 is 0 Å². The first kappa shape index (κ1) is 16.4. The molecule has 2 aromatic rings. The number of rotatable bonds is 6. The Morgan fingerprint density at radius 3 is 3.05 bits per heavy atom. The summed E-state index contributed by atoms with van der Waals surface area (Å²) in [4.78, 5) is 11.8. The Labute approximate surface area is 137 Å². The molecule has 22 heavy (non-hydrogen) atoms. The molecule has 1 aromatic carbocycles. The van der Waals surface area contributed by atoms with Crippen molar-refractivity contribution in [2.75, 3.05) is 12.4 Å². The Balaban J connectivity index is 2.14. The number of nitrogens with two attached hydrogens (primary N) is 1. The second kappa shape index (κ2) is 7.33. The lowest BCUT2D eigenvalue weighted by molar-refractivity contribution is -0.120. The molecule has 1 amide bonds. The molecule has 0 saturated heterocycles. The summed E-state index contributed by atoms with van der Waals surface area (Å²) in [6.45, 7) is 5.75. The molecule has 1 heterocycles. The van der Waals surface area contributed by atoms with Crippen LogP contribution in [0, 0.1) is 0 Å². The number of nitrogens with one attached hydrogen (secondary N) is 1. The Hall–Kier alpha value is -1.99. The van der Waals surface area contributed by atoms with Gasteiger partial charge in [0.15, 0.2) is 5.82 Å². The van der Waals surface area contributed by atoms with Gasteiger partial charge < -0.3 is 11.2 Å². The molecule has 1 atom stereocenters. The van der Waals surface area contributed by atoms with Crippen LogP contribution in [0.3, 0.4) is 0 Å². The highest BCUT2D eigenvalue weighted by Gasteiger charge is 2.19. The second-order valence-electron chi connectivity index (χ2n) is 4.48. The number of nitrogen functional groups attached to an aromatic ring is 1. The fourth-order valence-electron chi connectivity index (χ4n) is 1.71. The van der Waals surface area contributed by atoms with Gasteiger partial charge in [0.2, 0.25) is 11.1 Å². The topological polar surface area (TPSA) is 85.8 Å². The monoisotopic (exact) mass is 337 g/mol. The summed E-state index contributed by atoms with van der Waals surface area (Å²) in [6, 6.07) is 7.17. The molecule has 0 aliphatic carbocycles. The number of amides is 1. The van der Waals surface area contributed by atoms with Gasteiger partial charge in [-0.25, -0.2) is 4.68 Å². The molecule has 2 rings (SSSR count). The SMILES string of the molecule is C=CCNC(=O)[C@H](C)Sc1nnc(-c2cccc(Cl)c2)n1N. The number of halogens is 1. The molecule has 0 saturated carbocycles. The van der Waals surface area contributed by atoms with Crippen LogP contribution in [0.25, 0.3) is 11.4 Å². The molecule has 3 N–H and O–H groups in total. The first-order valence-corrected chi connectivity index (χ1v) is 7.80. The number of nitrogens with zero attached hydrogens (tertiary/aromatic N) is 3. The van der Waals surface area contributed by atoms with E-state index in [-0.39, 0.29) is 11.2 Å². The summed E-state index contributed by atoms with van der Waals surface area (Å²) in [6.07, 6.45) is 1.62. The second-order valence-corrected chi connectivity index (χ2v) is 6.22. The molecule has 8 heteroatoms. The van der Waals surface area contributed by atoms with Crippen molar-refractivity contribution in [3.05, 3.63) is 41.9 Å².